The Morgan fingerprint density at radius 2 is 1.88 bits per heavy atom. The van der Waals surface area contributed by atoms with Crippen LogP contribution < -0.4 is 9.47 Å². The van der Waals surface area contributed by atoms with Gasteiger partial charge in [-0.15, -0.1) is 0 Å². The average Bonchev–Trinajstić information content (AvgIpc) is 2.77. The van der Waals surface area contributed by atoms with Crippen LogP contribution in [0.15, 0.2) is 12.1 Å². The van der Waals surface area contributed by atoms with Gasteiger partial charge in [-0.25, -0.2) is 4.98 Å². The summed E-state index contributed by atoms with van der Waals surface area (Å²) in [7, 11) is 3.38. The summed E-state index contributed by atoms with van der Waals surface area (Å²) in [5.41, 5.74) is 1.99. The maximum Gasteiger partial charge on any atom is 0.146 e. The topological polar surface area (TPSA) is 36.3 Å². The minimum atomic E-state index is 0.822. The Kier molecular flexibility index (Phi) is 2.42. The Bertz CT molecular complexity index is 560. The summed E-state index contributed by atoms with van der Waals surface area (Å²) < 4.78 is 13.1. The molecule has 2 aromatic rings. The van der Waals surface area contributed by atoms with E-state index in [0.717, 1.165) is 41.3 Å². The Morgan fingerprint density at radius 1 is 1.12 bits per heavy atom. The van der Waals surface area contributed by atoms with Gasteiger partial charge in [0.05, 0.1) is 14.2 Å². The highest BCUT2D eigenvalue weighted by atomic mass is 16.5. The number of rotatable bonds is 2. The first kappa shape index (κ1) is 10.4. The SMILES string of the molecule is COc1ccc(OC)c2c1nc1n2CCCC1. The molecule has 2 heterocycles. The van der Waals surface area contributed by atoms with Crippen LogP contribution in [-0.2, 0) is 13.0 Å². The van der Waals surface area contributed by atoms with Crippen LogP contribution in [0.3, 0.4) is 0 Å². The van der Waals surface area contributed by atoms with Gasteiger partial charge in [-0.2, -0.15) is 0 Å². The molecule has 0 fully saturated rings. The van der Waals surface area contributed by atoms with Crippen molar-refractivity contribution in [1.29, 1.82) is 0 Å². The van der Waals surface area contributed by atoms with E-state index in [4.69, 9.17) is 14.5 Å². The molecular weight excluding hydrogens is 216 g/mol. The fourth-order valence-electron chi connectivity index (χ4n) is 2.54. The van der Waals surface area contributed by atoms with E-state index in [1.165, 1.54) is 12.8 Å². The third kappa shape index (κ3) is 1.47. The second-order valence-electron chi connectivity index (χ2n) is 4.30. The highest BCUT2D eigenvalue weighted by molar-refractivity contribution is 5.88. The van der Waals surface area contributed by atoms with E-state index in [2.05, 4.69) is 4.57 Å². The number of fused-ring (bicyclic) bond motifs is 3. The third-order valence-electron chi connectivity index (χ3n) is 3.37. The summed E-state index contributed by atoms with van der Waals surface area (Å²) in [5, 5.41) is 0. The number of methoxy groups -OCH3 is 2. The number of hydrogen-bond acceptors (Lipinski definition) is 3. The average molecular weight is 232 g/mol. The lowest BCUT2D eigenvalue weighted by atomic mass is 10.1. The lowest BCUT2D eigenvalue weighted by Gasteiger charge is -2.15. The largest absolute Gasteiger partial charge is 0.494 e. The summed E-state index contributed by atoms with van der Waals surface area (Å²) in [6, 6.07) is 3.87. The lowest BCUT2D eigenvalue weighted by molar-refractivity contribution is 0.408. The van der Waals surface area contributed by atoms with Gasteiger partial charge in [0.2, 0.25) is 0 Å². The molecule has 1 aliphatic rings. The van der Waals surface area contributed by atoms with Crippen LogP contribution in [0.2, 0.25) is 0 Å². The van der Waals surface area contributed by atoms with Gasteiger partial charge in [0.25, 0.3) is 0 Å². The highest BCUT2D eigenvalue weighted by Gasteiger charge is 2.20. The van der Waals surface area contributed by atoms with Crippen LogP contribution in [0.25, 0.3) is 11.0 Å². The monoisotopic (exact) mass is 232 g/mol. The first-order valence-electron chi connectivity index (χ1n) is 5.95. The first-order valence-corrected chi connectivity index (χ1v) is 5.95. The zero-order chi connectivity index (χ0) is 11.8. The van der Waals surface area contributed by atoms with Crippen molar-refractivity contribution in [3.8, 4) is 11.5 Å². The van der Waals surface area contributed by atoms with E-state index >= 15 is 0 Å². The molecule has 0 saturated heterocycles. The van der Waals surface area contributed by atoms with Crippen LogP contribution in [0, 0.1) is 0 Å². The number of nitrogens with zero attached hydrogens (tertiary/aromatic N) is 2. The van der Waals surface area contributed by atoms with Gasteiger partial charge in [-0.3, -0.25) is 0 Å². The maximum atomic E-state index is 5.43. The Balaban J connectivity index is 2.34. The molecule has 0 unspecified atom stereocenters. The smallest absolute Gasteiger partial charge is 0.146 e. The molecule has 17 heavy (non-hydrogen) atoms. The number of hydrogen-bond donors (Lipinski definition) is 0. The van der Waals surface area contributed by atoms with Crippen molar-refractivity contribution >= 4 is 11.0 Å². The zero-order valence-electron chi connectivity index (χ0n) is 10.2. The fourth-order valence-corrected chi connectivity index (χ4v) is 2.54. The number of benzene rings is 1. The summed E-state index contributed by atoms with van der Waals surface area (Å²) in [6.45, 7) is 1.02. The predicted molar refractivity (Wildman–Crippen MR) is 65.8 cm³/mol. The fraction of sp³-hybridized carbons (Fsp3) is 0.462. The molecule has 1 aromatic carbocycles. The Morgan fingerprint density at radius 3 is 2.65 bits per heavy atom. The number of aromatic nitrogens is 2. The quantitative estimate of drug-likeness (QED) is 0.797. The van der Waals surface area contributed by atoms with Crippen molar-refractivity contribution in [3.05, 3.63) is 18.0 Å². The molecule has 4 heteroatoms. The maximum absolute atomic E-state index is 5.43. The predicted octanol–water partition coefficient (Wildman–Crippen LogP) is 2.39. The minimum absolute atomic E-state index is 0.822. The standard InChI is InChI=1S/C13H16N2O2/c1-16-9-6-7-10(17-2)13-12(9)14-11-5-3-4-8-15(11)13/h6-7H,3-5,8H2,1-2H3. The molecular formula is C13H16N2O2. The number of imidazole rings is 1. The van der Waals surface area contributed by atoms with Crippen molar-refractivity contribution in [3.63, 3.8) is 0 Å². The van der Waals surface area contributed by atoms with Gasteiger partial charge in [-0.1, -0.05) is 0 Å². The van der Waals surface area contributed by atoms with Crippen molar-refractivity contribution in [2.24, 2.45) is 0 Å². The molecule has 0 spiro atoms. The van der Waals surface area contributed by atoms with Gasteiger partial charge in [0, 0.05) is 13.0 Å². The third-order valence-corrected chi connectivity index (χ3v) is 3.37. The van der Waals surface area contributed by atoms with Crippen LogP contribution >= 0.6 is 0 Å². The van der Waals surface area contributed by atoms with Crippen LogP contribution in [0.1, 0.15) is 18.7 Å². The molecule has 90 valence electrons. The van der Waals surface area contributed by atoms with E-state index in [1.54, 1.807) is 14.2 Å². The molecule has 0 saturated carbocycles. The molecule has 1 aromatic heterocycles. The van der Waals surface area contributed by atoms with Crippen LogP contribution in [0.4, 0.5) is 0 Å². The lowest BCUT2D eigenvalue weighted by Crippen LogP contribution is -2.10. The van der Waals surface area contributed by atoms with Gasteiger partial charge >= 0.3 is 0 Å². The van der Waals surface area contributed by atoms with Crippen molar-refractivity contribution in [2.75, 3.05) is 14.2 Å². The minimum Gasteiger partial charge on any atom is -0.494 e. The van der Waals surface area contributed by atoms with Crippen molar-refractivity contribution in [2.45, 2.75) is 25.8 Å². The van der Waals surface area contributed by atoms with Gasteiger partial charge in [-0.05, 0) is 25.0 Å². The van der Waals surface area contributed by atoms with Gasteiger partial charge in [0.15, 0.2) is 0 Å². The molecule has 3 rings (SSSR count). The molecule has 0 bridgehead atoms. The molecule has 4 nitrogen and oxygen atoms in total. The number of ether oxygens (including phenoxy) is 2. The molecule has 0 aliphatic carbocycles. The summed E-state index contributed by atoms with van der Waals surface area (Å²) >= 11 is 0. The molecule has 0 N–H and O–H groups in total. The van der Waals surface area contributed by atoms with Gasteiger partial charge < -0.3 is 14.0 Å². The summed E-state index contributed by atoms with van der Waals surface area (Å²) in [4.78, 5) is 4.69. The first-order chi connectivity index (χ1) is 8.35. The normalized spacial score (nSPS) is 14.7. The highest BCUT2D eigenvalue weighted by Crippen LogP contribution is 2.35. The van der Waals surface area contributed by atoms with Crippen molar-refractivity contribution in [1.82, 2.24) is 9.55 Å². The summed E-state index contributed by atoms with van der Waals surface area (Å²) in [6.07, 6.45) is 3.47. The van der Waals surface area contributed by atoms with Crippen LogP contribution in [-0.4, -0.2) is 23.8 Å². The summed E-state index contributed by atoms with van der Waals surface area (Å²) in [5.74, 6) is 2.85. The Labute approximate surface area is 100 Å². The van der Waals surface area contributed by atoms with E-state index in [1.807, 2.05) is 12.1 Å². The van der Waals surface area contributed by atoms with Crippen LogP contribution in [0.5, 0.6) is 11.5 Å². The Hall–Kier alpha value is -1.71. The second kappa shape index (κ2) is 3.95. The van der Waals surface area contributed by atoms with E-state index in [0.29, 0.717) is 0 Å². The van der Waals surface area contributed by atoms with E-state index in [-0.39, 0.29) is 0 Å². The molecule has 1 aliphatic heterocycles. The second-order valence-corrected chi connectivity index (χ2v) is 4.30. The van der Waals surface area contributed by atoms with E-state index < -0.39 is 0 Å². The molecule has 0 radical (unpaired) electrons. The van der Waals surface area contributed by atoms with E-state index in [9.17, 15) is 0 Å². The van der Waals surface area contributed by atoms with Gasteiger partial charge in [0.1, 0.15) is 28.4 Å². The molecule has 0 amide bonds. The van der Waals surface area contributed by atoms with Crippen molar-refractivity contribution < 1.29 is 9.47 Å². The molecule has 0 atom stereocenters. The zero-order valence-corrected chi connectivity index (χ0v) is 10.2. The number of aryl methyl sites for hydroxylation is 2.